The van der Waals surface area contributed by atoms with Crippen molar-refractivity contribution < 1.29 is 13.7 Å². The molecule has 1 unspecified atom stereocenters. The quantitative estimate of drug-likeness (QED) is 0.684. The molecule has 0 saturated carbocycles. The fraction of sp³-hybridized carbons (Fsp3) is 0.350. The first kappa shape index (κ1) is 19.1. The molecule has 1 amide bonds. The highest BCUT2D eigenvalue weighted by atomic mass is 19.1. The number of carbonyl (C=O) groups is 1. The Labute approximate surface area is 167 Å². The maximum atomic E-state index is 13.7. The summed E-state index contributed by atoms with van der Waals surface area (Å²) in [5, 5.41) is 6.66. The predicted octanol–water partition coefficient (Wildman–Crippen LogP) is 2.66. The average molecular weight is 396 g/mol. The van der Waals surface area contributed by atoms with E-state index in [-0.39, 0.29) is 24.1 Å². The molecule has 0 radical (unpaired) electrons. The number of anilines is 1. The van der Waals surface area contributed by atoms with E-state index in [1.165, 1.54) is 12.4 Å². The molecule has 8 nitrogen and oxygen atoms in total. The van der Waals surface area contributed by atoms with Gasteiger partial charge < -0.3 is 9.84 Å². The zero-order chi connectivity index (χ0) is 20.2. The summed E-state index contributed by atoms with van der Waals surface area (Å²) in [6, 6.07) is 6.13. The van der Waals surface area contributed by atoms with Gasteiger partial charge in [0, 0.05) is 25.1 Å². The molecule has 1 saturated heterocycles. The Balaban J connectivity index is 1.42. The van der Waals surface area contributed by atoms with Crippen LogP contribution < -0.4 is 5.32 Å². The number of hydrogen-bond acceptors (Lipinski definition) is 7. The highest BCUT2D eigenvalue weighted by Gasteiger charge is 2.29. The Morgan fingerprint density at radius 3 is 3.03 bits per heavy atom. The fourth-order valence-corrected chi connectivity index (χ4v) is 3.50. The number of benzene rings is 1. The second-order valence-corrected chi connectivity index (χ2v) is 6.94. The van der Waals surface area contributed by atoms with Crippen LogP contribution in [0.15, 0.2) is 41.3 Å². The van der Waals surface area contributed by atoms with Gasteiger partial charge in [0.25, 0.3) is 0 Å². The number of hydrogen-bond donors (Lipinski definition) is 1. The van der Waals surface area contributed by atoms with Crippen molar-refractivity contribution in [1.82, 2.24) is 25.0 Å². The molecule has 9 heteroatoms. The lowest BCUT2D eigenvalue weighted by molar-refractivity contribution is -0.117. The lowest BCUT2D eigenvalue weighted by Crippen LogP contribution is -2.31. The standard InChI is InChI=1S/C20H21FN6O2/c1-2-18-25-20(26-29-18)14-9-22-12-23-19(14)13-7-8-27(10-13)11-17(28)24-16-6-4-3-5-15(16)21/h3-6,9,12-13H,2,7-8,10-11H2,1H3,(H,24,28). The topological polar surface area (TPSA) is 97.0 Å². The molecular formula is C20H21FN6O2. The van der Waals surface area contributed by atoms with Crippen LogP contribution in [0.5, 0.6) is 0 Å². The minimum absolute atomic E-state index is 0.123. The molecule has 3 aromatic rings. The monoisotopic (exact) mass is 396 g/mol. The summed E-state index contributed by atoms with van der Waals surface area (Å²) in [6.45, 7) is 3.53. The van der Waals surface area contributed by atoms with Crippen molar-refractivity contribution in [2.75, 3.05) is 25.0 Å². The molecule has 1 aliphatic heterocycles. The van der Waals surface area contributed by atoms with Crippen LogP contribution in [0.25, 0.3) is 11.4 Å². The highest BCUT2D eigenvalue weighted by Crippen LogP contribution is 2.31. The Kier molecular flexibility index (Phi) is 5.57. The van der Waals surface area contributed by atoms with Crippen molar-refractivity contribution in [1.29, 1.82) is 0 Å². The van der Waals surface area contributed by atoms with Gasteiger partial charge in [-0.25, -0.2) is 14.4 Å². The van der Waals surface area contributed by atoms with Gasteiger partial charge in [0.05, 0.1) is 23.5 Å². The zero-order valence-electron chi connectivity index (χ0n) is 16.0. The maximum Gasteiger partial charge on any atom is 0.238 e. The largest absolute Gasteiger partial charge is 0.339 e. The first-order valence-corrected chi connectivity index (χ1v) is 9.53. The number of nitrogens with zero attached hydrogens (tertiary/aromatic N) is 5. The molecule has 2 aromatic heterocycles. The molecule has 1 aromatic carbocycles. The maximum absolute atomic E-state index is 13.7. The SMILES string of the molecule is CCc1nc(-c2cncnc2C2CCN(CC(=O)Nc3ccccc3F)C2)no1. The van der Waals surface area contributed by atoms with Crippen LogP contribution in [-0.2, 0) is 11.2 Å². The number of rotatable bonds is 6. The highest BCUT2D eigenvalue weighted by molar-refractivity contribution is 5.92. The third-order valence-electron chi connectivity index (χ3n) is 4.93. The number of nitrogens with one attached hydrogen (secondary N) is 1. The molecule has 1 fully saturated rings. The summed E-state index contributed by atoms with van der Waals surface area (Å²) < 4.78 is 18.9. The summed E-state index contributed by atoms with van der Waals surface area (Å²) in [4.78, 5) is 27.3. The minimum Gasteiger partial charge on any atom is -0.339 e. The first-order valence-electron chi connectivity index (χ1n) is 9.53. The number of likely N-dealkylation sites (tertiary alicyclic amines) is 1. The molecule has 150 valence electrons. The van der Waals surface area contributed by atoms with Crippen molar-refractivity contribution >= 4 is 11.6 Å². The van der Waals surface area contributed by atoms with Crippen molar-refractivity contribution in [3.05, 3.63) is 54.2 Å². The molecule has 3 heterocycles. The first-order chi connectivity index (χ1) is 14.1. The molecule has 0 bridgehead atoms. The molecule has 1 atom stereocenters. The van der Waals surface area contributed by atoms with Crippen LogP contribution >= 0.6 is 0 Å². The van der Waals surface area contributed by atoms with Crippen LogP contribution in [0.1, 0.15) is 30.8 Å². The zero-order valence-corrected chi connectivity index (χ0v) is 16.0. The van der Waals surface area contributed by atoms with Gasteiger partial charge in [0.15, 0.2) is 0 Å². The fourth-order valence-electron chi connectivity index (χ4n) is 3.50. The van der Waals surface area contributed by atoms with E-state index in [1.54, 1.807) is 24.4 Å². The van der Waals surface area contributed by atoms with E-state index in [0.29, 0.717) is 24.7 Å². The van der Waals surface area contributed by atoms with Crippen LogP contribution in [0.2, 0.25) is 0 Å². The normalized spacial score (nSPS) is 16.8. The molecule has 0 spiro atoms. The third-order valence-corrected chi connectivity index (χ3v) is 4.93. The van der Waals surface area contributed by atoms with Crippen molar-refractivity contribution in [3.63, 3.8) is 0 Å². The number of aryl methyl sites for hydroxylation is 1. The summed E-state index contributed by atoms with van der Waals surface area (Å²) in [5.41, 5.74) is 1.79. The van der Waals surface area contributed by atoms with Gasteiger partial charge in [-0.1, -0.05) is 24.2 Å². The smallest absolute Gasteiger partial charge is 0.238 e. The minimum atomic E-state index is -0.447. The number of amides is 1. The predicted molar refractivity (Wildman–Crippen MR) is 104 cm³/mol. The van der Waals surface area contributed by atoms with Crippen LogP contribution in [0, 0.1) is 5.82 Å². The second-order valence-electron chi connectivity index (χ2n) is 6.94. The van der Waals surface area contributed by atoms with Crippen LogP contribution in [-0.4, -0.2) is 50.5 Å². The van der Waals surface area contributed by atoms with E-state index in [9.17, 15) is 9.18 Å². The number of aromatic nitrogens is 4. The van der Waals surface area contributed by atoms with E-state index < -0.39 is 5.82 Å². The Bertz CT molecular complexity index is 1010. The lowest BCUT2D eigenvalue weighted by atomic mass is 10.00. The third kappa shape index (κ3) is 4.29. The van der Waals surface area contributed by atoms with E-state index in [2.05, 4.69) is 25.4 Å². The van der Waals surface area contributed by atoms with Gasteiger partial charge in [-0.3, -0.25) is 9.69 Å². The second kappa shape index (κ2) is 8.44. The number of halogens is 1. The lowest BCUT2D eigenvalue weighted by Gasteiger charge is -2.16. The summed E-state index contributed by atoms with van der Waals surface area (Å²) in [6.07, 6.45) is 4.70. The Morgan fingerprint density at radius 1 is 1.38 bits per heavy atom. The molecule has 1 aliphatic rings. The van der Waals surface area contributed by atoms with E-state index in [1.807, 2.05) is 11.8 Å². The average Bonchev–Trinajstić information content (AvgIpc) is 3.39. The van der Waals surface area contributed by atoms with Gasteiger partial charge >= 0.3 is 0 Å². The van der Waals surface area contributed by atoms with E-state index in [0.717, 1.165) is 24.2 Å². The van der Waals surface area contributed by atoms with Gasteiger partial charge in [0.1, 0.15) is 12.1 Å². The van der Waals surface area contributed by atoms with Crippen LogP contribution in [0.3, 0.4) is 0 Å². The molecule has 0 aliphatic carbocycles. The van der Waals surface area contributed by atoms with Crippen molar-refractivity contribution in [2.24, 2.45) is 0 Å². The molecule has 1 N–H and O–H groups in total. The van der Waals surface area contributed by atoms with Gasteiger partial charge in [0.2, 0.25) is 17.6 Å². The van der Waals surface area contributed by atoms with Crippen molar-refractivity contribution in [3.8, 4) is 11.4 Å². The van der Waals surface area contributed by atoms with E-state index >= 15 is 0 Å². The van der Waals surface area contributed by atoms with Gasteiger partial charge in [-0.15, -0.1) is 0 Å². The van der Waals surface area contributed by atoms with Gasteiger partial charge in [-0.2, -0.15) is 4.98 Å². The number of carbonyl (C=O) groups excluding carboxylic acids is 1. The van der Waals surface area contributed by atoms with Crippen LogP contribution in [0.4, 0.5) is 10.1 Å². The molecular weight excluding hydrogens is 375 g/mol. The molecule has 29 heavy (non-hydrogen) atoms. The Morgan fingerprint density at radius 2 is 2.24 bits per heavy atom. The Hall–Kier alpha value is -3.20. The van der Waals surface area contributed by atoms with E-state index in [4.69, 9.17) is 4.52 Å². The summed E-state index contributed by atoms with van der Waals surface area (Å²) >= 11 is 0. The number of para-hydroxylation sites is 1. The van der Waals surface area contributed by atoms with Crippen molar-refractivity contribution in [2.45, 2.75) is 25.7 Å². The van der Waals surface area contributed by atoms with Gasteiger partial charge in [-0.05, 0) is 25.1 Å². The molecule has 4 rings (SSSR count). The summed E-state index contributed by atoms with van der Waals surface area (Å²) in [7, 11) is 0. The summed E-state index contributed by atoms with van der Waals surface area (Å²) in [5.74, 6) is 0.473.